The van der Waals surface area contributed by atoms with Crippen LogP contribution in [-0.2, 0) is 14.9 Å². The number of unbranched alkanes of at least 4 members (excludes halogenated alkanes) is 2. The Bertz CT molecular complexity index is 487. The molecule has 0 fully saturated rings. The Hall–Kier alpha value is -1.56. The zero-order valence-electron chi connectivity index (χ0n) is 13.7. The van der Waals surface area contributed by atoms with E-state index in [9.17, 15) is 18.0 Å². The van der Waals surface area contributed by atoms with Gasteiger partial charge in [-0.2, -0.15) is 0 Å². The number of ether oxygens (including phenoxy) is 2. The van der Waals surface area contributed by atoms with Gasteiger partial charge < -0.3 is 4.74 Å². The number of alkyl halides is 3. The third-order valence-corrected chi connectivity index (χ3v) is 3.27. The first-order valence-electron chi connectivity index (χ1n) is 7.58. The lowest BCUT2D eigenvalue weighted by Gasteiger charge is -2.18. The lowest BCUT2D eigenvalue weighted by molar-refractivity contribution is -0.324. The van der Waals surface area contributed by atoms with Crippen molar-refractivity contribution in [2.24, 2.45) is 0 Å². The maximum Gasteiger partial charge on any atom is 0.522 e. The summed E-state index contributed by atoms with van der Waals surface area (Å²) >= 11 is 0. The van der Waals surface area contributed by atoms with Crippen molar-refractivity contribution in [2.45, 2.75) is 51.8 Å². The largest absolute Gasteiger partial charge is 0.522 e. The van der Waals surface area contributed by atoms with Gasteiger partial charge in [0.25, 0.3) is 0 Å². The van der Waals surface area contributed by atoms with Crippen molar-refractivity contribution in [3.8, 4) is 0 Å². The summed E-state index contributed by atoms with van der Waals surface area (Å²) in [7, 11) is 0. The molecule has 1 aromatic rings. The monoisotopic (exact) mass is 332 g/mol. The molecule has 6 heteroatoms. The van der Waals surface area contributed by atoms with E-state index in [0.717, 1.165) is 5.56 Å². The van der Waals surface area contributed by atoms with Crippen LogP contribution in [0.4, 0.5) is 13.2 Å². The molecule has 0 aliphatic carbocycles. The van der Waals surface area contributed by atoms with Crippen LogP contribution in [0.3, 0.4) is 0 Å². The number of carbonyl (C=O) groups is 1. The van der Waals surface area contributed by atoms with Gasteiger partial charge in [-0.1, -0.05) is 32.9 Å². The summed E-state index contributed by atoms with van der Waals surface area (Å²) in [6, 6.07) is 7.23. The zero-order chi connectivity index (χ0) is 17.5. The molecule has 0 atom stereocenters. The van der Waals surface area contributed by atoms with Gasteiger partial charge in [0, 0.05) is 0 Å². The second-order valence-corrected chi connectivity index (χ2v) is 6.32. The molecule has 0 bridgehead atoms. The van der Waals surface area contributed by atoms with Gasteiger partial charge in [0.15, 0.2) is 0 Å². The van der Waals surface area contributed by atoms with Crippen LogP contribution >= 0.6 is 0 Å². The quantitative estimate of drug-likeness (QED) is 0.529. The molecule has 130 valence electrons. The molecular weight excluding hydrogens is 309 g/mol. The second kappa shape index (κ2) is 8.34. The Morgan fingerprint density at radius 2 is 1.52 bits per heavy atom. The van der Waals surface area contributed by atoms with E-state index in [-0.39, 0.29) is 25.0 Å². The van der Waals surface area contributed by atoms with Crippen LogP contribution in [0.1, 0.15) is 56.0 Å². The third kappa shape index (κ3) is 8.02. The predicted molar refractivity (Wildman–Crippen MR) is 81.3 cm³/mol. The van der Waals surface area contributed by atoms with Gasteiger partial charge >= 0.3 is 12.3 Å². The summed E-state index contributed by atoms with van der Waals surface area (Å²) in [6.45, 7) is 6.08. The summed E-state index contributed by atoms with van der Waals surface area (Å²) in [6.07, 6.45) is -3.29. The summed E-state index contributed by atoms with van der Waals surface area (Å²) < 4.78 is 44.0. The maximum atomic E-state index is 11.8. The molecule has 1 aromatic carbocycles. The van der Waals surface area contributed by atoms with Crippen LogP contribution < -0.4 is 0 Å². The highest BCUT2D eigenvalue weighted by Gasteiger charge is 2.28. The highest BCUT2D eigenvalue weighted by Crippen LogP contribution is 2.22. The fraction of sp³-hybridized carbons (Fsp3) is 0.588. The van der Waals surface area contributed by atoms with Crippen LogP contribution in [-0.4, -0.2) is 25.5 Å². The minimum atomic E-state index is -4.58. The van der Waals surface area contributed by atoms with Crippen molar-refractivity contribution in [3.63, 3.8) is 0 Å². The molecule has 0 heterocycles. The van der Waals surface area contributed by atoms with Gasteiger partial charge in [0.1, 0.15) is 0 Å². The summed E-state index contributed by atoms with van der Waals surface area (Å²) in [4.78, 5) is 11.8. The number of halogens is 3. The summed E-state index contributed by atoms with van der Waals surface area (Å²) in [5.74, 6) is -0.419. The van der Waals surface area contributed by atoms with Crippen LogP contribution in [0.5, 0.6) is 0 Å². The van der Waals surface area contributed by atoms with E-state index in [2.05, 4.69) is 25.5 Å². The molecule has 0 N–H and O–H groups in total. The normalized spacial score (nSPS) is 12.3. The highest BCUT2D eigenvalue weighted by atomic mass is 19.4. The first kappa shape index (κ1) is 19.5. The van der Waals surface area contributed by atoms with E-state index >= 15 is 0 Å². The van der Waals surface area contributed by atoms with Crippen molar-refractivity contribution < 1.29 is 27.4 Å². The van der Waals surface area contributed by atoms with Crippen LogP contribution in [0.2, 0.25) is 0 Å². The molecular formula is C17H23F3O3. The summed E-state index contributed by atoms with van der Waals surface area (Å²) in [5.41, 5.74) is 1.61. The number of esters is 1. The smallest absolute Gasteiger partial charge is 0.462 e. The fourth-order valence-corrected chi connectivity index (χ4v) is 1.92. The lowest BCUT2D eigenvalue weighted by atomic mass is 9.87. The molecule has 0 radical (unpaired) electrons. The molecule has 0 unspecified atom stereocenters. The number of rotatable bonds is 7. The number of hydrogen-bond donors (Lipinski definition) is 0. The highest BCUT2D eigenvalue weighted by molar-refractivity contribution is 5.89. The van der Waals surface area contributed by atoms with E-state index in [4.69, 9.17) is 4.74 Å². The van der Waals surface area contributed by atoms with Gasteiger partial charge in [-0.3, -0.25) is 4.74 Å². The number of carbonyl (C=O) groups excluding carboxylic acids is 1. The Kier molecular flexibility index (Phi) is 7.06. The molecule has 0 aromatic heterocycles. The molecule has 3 nitrogen and oxygen atoms in total. The first-order chi connectivity index (χ1) is 10.6. The molecule has 0 aliphatic rings. The van der Waals surface area contributed by atoms with E-state index in [0.29, 0.717) is 18.4 Å². The van der Waals surface area contributed by atoms with Crippen molar-refractivity contribution >= 4 is 5.97 Å². The van der Waals surface area contributed by atoms with Crippen LogP contribution in [0, 0.1) is 0 Å². The van der Waals surface area contributed by atoms with Gasteiger partial charge in [-0.25, -0.2) is 4.79 Å². The second-order valence-electron chi connectivity index (χ2n) is 6.32. The molecule has 0 spiro atoms. The molecule has 0 amide bonds. The van der Waals surface area contributed by atoms with Gasteiger partial charge in [-0.15, -0.1) is 13.2 Å². The first-order valence-corrected chi connectivity index (χ1v) is 7.58. The minimum absolute atomic E-state index is 0.0148. The zero-order valence-corrected chi connectivity index (χ0v) is 13.7. The predicted octanol–water partition coefficient (Wildman–Crippen LogP) is 4.85. The molecule has 0 aliphatic heterocycles. The van der Waals surface area contributed by atoms with E-state index in [1.165, 1.54) is 0 Å². The Morgan fingerprint density at radius 1 is 0.957 bits per heavy atom. The van der Waals surface area contributed by atoms with Crippen LogP contribution in [0.25, 0.3) is 0 Å². The van der Waals surface area contributed by atoms with Crippen molar-refractivity contribution in [1.29, 1.82) is 0 Å². The Labute approximate surface area is 134 Å². The van der Waals surface area contributed by atoms with E-state index in [1.807, 2.05) is 12.1 Å². The minimum Gasteiger partial charge on any atom is -0.462 e. The summed E-state index contributed by atoms with van der Waals surface area (Å²) in [5, 5.41) is 0. The SMILES string of the molecule is CC(C)(C)c1ccc(C(=O)OCCCCCOC(F)(F)F)cc1. The molecule has 0 saturated heterocycles. The topological polar surface area (TPSA) is 35.5 Å². The van der Waals surface area contributed by atoms with Crippen LogP contribution in [0.15, 0.2) is 24.3 Å². The van der Waals surface area contributed by atoms with E-state index in [1.54, 1.807) is 12.1 Å². The molecule has 23 heavy (non-hydrogen) atoms. The molecule has 1 rings (SSSR count). The average molecular weight is 332 g/mol. The van der Waals surface area contributed by atoms with Gasteiger partial charge in [-0.05, 0) is 42.4 Å². The van der Waals surface area contributed by atoms with Crippen molar-refractivity contribution in [1.82, 2.24) is 0 Å². The van der Waals surface area contributed by atoms with Gasteiger partial charge in [0.05, 0.1) is 18.8 Å². The molecule has 0 saturated carbocycles. The fourth-order valence-electron chi connectivity index (χ4n) is 1.92. The maximum absolute atomic E-state index is 11.8. The van der Waals surface area contributed by atoms with Crippen molar-refractivity contribution in [2.75, 3.05) is 13.2 Å². The average Bonchev–Trinajstić information content (AvgIpc) is 2.44. The van der Waals surface area contributed by atoms with Crippen molar-refractivity contribution in [3.05, 3.63) is 35.4 Å². The standard InChI is InChI=1S/C17H23F3O3/c1-16(2,3)14-9-7-13(8-10-14)15(21)22-11-5-4-6-12-23-17(18,19)20/h7-10H,4-6,11-12H2,1-3H3. The third-order valence-electron chi connectivity index (χ3n) is 3.27. The van der Waals surface area contributed by atoms with Gasteiger partial charge in [0.2, 0.25) is 0 Å². The number of benzene rings is 1. The van der Waals surface area contributed by atoms with E-state index < -0.39 is 12.3 Å². The Morgan fingerprint density at radius 3 is 2.04 bits per heavy atom. The Balaban J connectivity index is 2.24. The number of hydrogen-bond acceptors (Lipinski definition) is 3. The lowest BCUT2D eigenvalue weighted by Crippen LogP contribution is -2.14.